The summed E-state index contributed by atoms with van der Waals surface area (Å²) >= 11 is 0. The number of benzene rings is 2. The Balaban J connectivity index is 1.89. The Bertz CT molecular complexity index is 1040. The van der Waals surface area contributed by atoms with Crippen LogP contribution < -0.4 is 9.62 Å². The van der Waals surface area contributed by atoms with Crippen molar-refractivity contribution < 1.29 is 32.3 Å². The number of amides is 1. The molecule has 178 valence electrons. The van der Waals surface area contributed by atoms with E-state index in [1.54, 1.807) is 44.2 Å². The predicted molar refractivity (Wildman–Crippen MR) is 122 cm³/mol. The molecule has 0 aliphatic carbocycles. The van der Waals surface area contributed by atoms with Gasteiger partial charge in [-0.3, -0.25) is 13.9 Å². The van der Waals surface area contributed by atoms with Crippen LogP contribution in [0, 0.1) is 0 Å². The van der Waals surface area contributed by atoms with Crippen molar-refractivity contribution in [3.8, 4) is 0 Å². The molecule has 0 radical (unpaired) electrons. The largest absolute Gasteiger partial charge is 0.466 e. The molecule has 1 amide bonds. The minimum absolute atomic E-state index is 0.0316. The molecule has 1 N–H and O–H groups in total. The van der Waals surface area contributed by atoms with Crippen LogP contribution in [0.2, 0.25) is 0 Å². The Kier molecular flexibility index (Phi) is 9.86. The second kappa shape index (κ2) is 12.6. The number of hydrogen-bond acceptors (Lipinski definition) is 7. The zero-order chi connectivity index (χ0) is 24.3. The van der Waals surface area contributed by atoms with Crippen LogP contribution in [0.25, 0.3) is 0 Å². The summed E-state index contributed by atoms with van der Waals surface area (Å²) in [5.41, 5.74) is 0.656. The highest BCUT2D eigenvalue weighted by Crippen LogP contribution is 2.23. The Hall–Kier alpha value is -3.40. The fraction of sp³-hybridized carbons (Fsp3) is 0.348. The number of para-hydroxylation sites is 1. The number of sulfonamides is 1. The Labute approximate surface area is 193 Å². The van der Waals surface area contributed by atoms with Crippen molar-refractivity contribution in [2.45, 2.75) is 31.6 Å². The molecule has 9 nitrogen and oxygen atoms in total. The maximum absolute atomic E-state index is 13.0. The van der Waals surface area contributed by atoms with Gasteiger partial charge < -0.3 is 14.8 Å². The number of hydrogen-bond donors (Lipinski definition) is 1. The predicted octanol–water partition coefficient (Wildman–Crippen LogP) is 2.52. The fourth-order valence-corrected chi connectivity index (χ4v) is 4.41. The average Bonchev–Trinajstić information content (AvgIpc) is 2.81. The van der Waals surface area contributed by atoms with Crippen molar-refractivity contribution in [1.82, 2.24) is 5.32 Å². The monoisotopic (exact) mass is 476 g/mol. The summed E-state index contributed by atoms with van der Waals surface area (Å²) in [5, 5.41) is 2.54. The number of carbonyl (C=O) groups is 3. The molecule has 0 fully saturated rings. The van der Waals surface area contributed by atoms with Crippen LogP contribution >= 0.6 is 0 Å². The molecule has 10 heteroatoms. The van der Waals surface area contributed by atoms with Crippen LogP contribution in [0.15, 0.2) is 59.5 Å². The normalized spacial score (nSPS) is 10.8. The molecule has 0 unspecified atom stereocenters. The van der Waals surface area contributed by atoms with E-state index < -0.39 is 28.5 Å². The topological polar surface area (TPSA) is 119 Å². The van der Waals surface area contributed by atoms with E-state index in [0.717, 1.165) is 0 Å². The van der Waals surface area contributed by atoms with Crippen molar-refractivity contribution in [2.24, 2.45) is 0 Å². The van der Waals surface area contributed by atoms with Crippen LogP contribution in [0.1, 0.15) is 37.0 Å². The highest BCUT2D eigenvalue weighted by Gasteiger charge is 2.24. The van der Waals surface area contributed by atoms with Crippen LogP contribution in [-0.2, 0) is 29.1 Å². The molecule has 0 atom stereocenters. The Morgan fingerprint density at radius 2 is 1.61 bits per heavy atom. The van der Waals surface area contributed by atoms with Crippen molar-refractivity contribution in [3.63, 3.8) is 0 Å². The molecule has 2 aromatic rings. The van der Waals surface area contributed by atoms with E-state index in [2.05, 4.69) is 5.32 Å². The Morgan fingerprint density at radius 3 is 2.21 bits per heavy atom. The maximum atomic E-state index is 13.0. The van der Waals surface area contributed by atoms with Gasteiger partial charge in [-0.25, -0.2) is 13.2 Å². The summed E-state index contributed by atoms with van der Waals surface area (Å²) in [5.74, 6) is -1.60. The second-order valence-electron chi connectivity index (χ2n) is 6.86. The molecule has 0 aliphatic heterocycles. The first-order valence-electron chi connectivity index (χ1n) is 10.6. The molecule has 2 aromatic carbocycles. The minimum atomic E-state index is -3.81. The number of nitrogens with one attached hydrogen (secondary N) is 1. The number of nitrogens with zero attached hydrogens (tertiary/aromatic N) is 1. The van der Waals surface area contributed by atoms with E-state index >= 15 is 0 Å². The van der Waals surface area contributed by atoms with Gasteiger partial charge in [0.05, 0.1) is 22.8 Å². The number of ether oxygens (including phenoxy) is 2. The lowest BCUT2D eigenvalue weighted by Gasteiger charge is -2.22. The van der Waals surface area contributed by atoms with E-state index in [4.69, 9.17) is 9.47 Å². The van der Waals surface area contributed by atoms with Crippen molar-refractivity contribution in [2.75, 3.05) is 30.6 Å². The van der Waals surface area contributed by atoms with Gasteiger partial charge in [0.15, 0.2) is 6.61 Å². The lowest BCUT2D eigenvalue weighted by molar-refractivity contribution is -0.143. The van der Waals surface area contributed by atoms with Crippen LogP contribution in [0.4, 0.5) is 5.69 Å². The van der Waals surface area contributed by atoms with Gasteiger partial charge in [0, 0.05) is 19.5 Å². The molecule has 0 heterocycles. The summed E-state index contributed by atoms with van der Waals surface area (Å²) in [4.78, 5) is 35.2. The van der Waals surface area contributed by atoms with Crippen molar-refractivity contribution in [1.29, 1.82) is 0 Å². The van der Waals surface area contributed by atoms with Crippen LogP contribution in [0.5, 0.6) is 0 Å². The second-order valence-corrected chi connectivity index (χ2v) is 8.73. The van der Waals surface area contributed by atoms with Crippen molar-refractivity contribution in [3.05, 3.63) is 60.2 Å². The number of anilines is 1. The molecular formula is C23H28N2O7S. The number of carbonyl (C=O) groups excluding carboxylic acids is 3. The molecule has 0 aliphatic rings. The van der Waals surface area contributed by atoms with Gasteiger partial charge in [-0.15, -0.1) is 0 Å². The summed E-state index contributed by atoms with van der Waals surface area (Å²) in [6, 6.07) is 14.0. The van der Waals surface area contributed by atoms with Gasteiger partial charge in [0.2, 0.25) is 0 Å². The lowest BCUT2D eigenvalue weighted by atomic mass is 10.2. The third-order valence-electron chi connectivity index (χ3n) is 4.53. The first-order valence-corrected chi connectivity index (χ1v) is 12.0. The summed E-state index contributed by atoms with van der Waals surface area (Å²) < 4.78 is 37.0. The van der Waals surface area contributed by atoms with Crippen LogP contribution in [-0.4, -0.2) is 52.6 Å². The van der Waals surface area contributed by atoms with E-state index in [1.165, 1.54) is 28.6 Å². The Morgan fingerprint density at radius 1 is 0.939 bits per heavy atom. The van der Waals surface area contributed by atoms with Gasteiger partial charge in [-0.1, -0.05) is 18.2 Å². The third-order valence-corrected chi connectivity index (χ3v) is 6.45. The molecule has 0 spiro atoms. The molecule has 0 aromatic heterocycles. The number of esters is 2. The highest BCUT2D eigenvalue weighted by atomic mass is 32.2. The quantitative estimate of drug-likeness (QED) is 0.369. The van der Waals surface area contributed by atoms with E-state index in [0.29, 0.717) is 18.7 Å². The fourth-order valence-electron chi connectivity index (χ4n) is 2.93. The van der Waals surface area contributed by atoms with Crippen molar-refractivity contribution >= 4 is 33.6 Å². The first kappa shape index (κ1) is 25.9. The zero-order valence-electron chi connectivity index (χ0n) is 18.7. The van der Waals surface area contributed by atoms with Gasteiger partial charge in [0.1, 0.15) is 0 Å². The summed E-state index contributed by atoms with van der Waals surface area (Å²) in [6.45, 7) is 3.75. The number of rotatable bonds is 12. The first-order chi connectivity index (χ1) is 15.8. The highest BCUT2D eigenvalue weighted by molar-refractivity contribution is 7.92. The summed E-state index contributed by atoms with van der Waals surface area (Å²) in [6.07, 6.45) is 0.592. The molecular weight excluding hydrogens is 448 g/mol. The van der Waals surface area contributed by atoms with Gasteiger partial charge in [0.25, 0.3) is 15.9 Å². The molecule has 2 rings (SSSR count). The van der Waals surface area contributed by atoms with E-state index in [9.17, 15) is 22.8 Å². The molecule has 0 bridgehead atoms. The summed E-state index contributed by atoms with van der Waals surface area (Å²) in [7, 11) is -3.81. The maximum Gasteiger partial charge on any atom is 0.338 e. The third kappa shape index (κ3) is 7.60. The standard InChI is InChI=1S/C23H28N2O7S/c1-3-25(19-9-6-5-7-10-19)33(29,30)20-14-12-18(13-15-20)23(28)32-17-21(26)24-16-8-11-22(27)31-4-2/h5-7,9-10,12-15H,3-4,8,11,16-17H2,1-2H3,(H,24,26). The molecule has 0 saturated heterocycles. The van der Waals surface area contributed by atoms with E-state index in [-0.39, 0.29) is 35.9 Å². The zero-order valence-corrected chi connectivity index (χ0v) is 19.5. The molecule has 0 saturated carbocycles. The lowest BCUT2D eigenvalue weighted by Crippen LogP contribution is -2.31. The van der Waals surface area contributed by atoms with Crippen LogP contribution in [0.3, 0.4) is 0 Å². The van der Waals surface area contributed by atoms with Gasteiger partial charge in [-0.05, 0) is 56.7 Å². The minimum Gasteiger partial charge on any atom is -0.466 e. The van der Waals surface area contributed by atoms with E-state index in [1.807, 2.05) is 0 Å². The van der Waals surface area contributed by atoms with Gasteiger partial charge >= 0.3 is 11.9 Å². The average molecular weight is 477 g/mol. The molecule has 33 heavy (non-hydrogen) atoms. The smallest absolute Gasteiger partial charge is 0.338 e. The van der Waals surface area contributed by atoms with Gasteiger partial charge in [-0.2, -0.15) is 0 Å². The SMILES string of the molecule is CCOC(=O)CCCNC(=O)COC(=O)c1ccc(S(=O)(=O)N(CC)c2ccccc2)cc1.